The van der Waals surface area contributed by atoms with E-state index < -0.39 is 0 Å². The third-order valence-electron chi connectivity index (χ3n) is 4.03. The van der Waals surface area contributed by atoms with Crippen LogP contribution in [0.1, 0.15) is 68.1 Å². The highest BCUT2D eigenvalue weighted by Gasteiger charge is 2.16. The minimum atomic E-state index is -0.0855. The first-order valence-electron chi connectivity index (χ1n) is 8.59. The van der Waals surface area contributed by atoms with E-state index in [0.717, 1.165) is 44.6 Å². The monoisotopic (exact) mass is 304 g/mol. The second kappa shape index (κ2) is 8.71. The Balaban J connectivity index is 2.03. The Hall–Kier alpha value is -1.65. The highest BCUT2D eigenvalue weighted by molar-refractivity contribution is 5.92. The minimum Gasteiger partial charge on any atom is -0.351 e. The summed E-state index contributed by atoms with van der Waals surface area (Å²) in [6.07, 6.45) is 8.21. The summed E-state index contributed by atoms with van der Waals surface area (Å²) in [5, 5.41) is 2.96. The van der Waals surface area contributed by atoms with Gasteiger partial charge in [-0.3, -0.25) is 4.79 Å². The first-order chi connectivity index (χ1) is 10.7. The van der Waals surface area contributed by atoms with Gasteiger partial charge in [-0.1, -0.05) is 32.6 Å². The number of aryl methyl sites for hydroxylation is 1. The lowest BCUT2D eigenvalue weighted by Gasteiger charge is -2.21. The van der Waals surface area contributed by atoms with Gasteiger partial charge in [0.25, 0.3) is 5.91 Å². The Morgan fingerprint density at radius 3 is 2.59 bits per heavy atom. The molecule has 1 aromatic rings. The van der Waals surface area contributed by atoms with E-state index in [9.17, 15) is 4.79 Å². The van der Waals surface area contributed by atoms with Crippen molar-refractivity contribution in [1.82, 2.24) is 15.3 Å². The van der Waals surface area contributed by atoms with Gasteiger partial charge >= 0.3 is 0 Å². The standard InChI is InChI=1S/C17H28N4O/c1-3-4-7-10-18-16(22)15-13-14(2)19-17(20-15)21-11-8-5-6-9-12-21/h13H,3-12H2,1-2H3,(H,18,22). The zero-order valence-corrected chi connectivity index (χ0v) is 13.9. The SMILES string of the molecule is CCCCCNC(=O)c1cc(C)nc(N2CCCCCC2)n1. The minimum absolute atomic E-state index is 0.0855. The molecule has 0 bridgehead atoms. The van der Waals surface area contributed by atoms with Gasteiger partial charge in [-0.15, -0.1) is 0 Å². The summed E-state index contributed by atoms with van der Waals surface area (Å²) in [6.45, 7) is 6.77. The second-order valence-corrected chi connectivity index (χ2v) is 6.06. The molecule has 0 radical (unpaired) electrons. The molecule has 1 aliphatic heterocycles. The van der Waals surface area contributed by atoms with E-state index in [1.54, 1.807) is 6.07 Å². The lowest BCUT2D eigenvalue weighted by Crippen LogP contribution is -2.29. The molecule has 2 heterocycles. The van der Waals surface area contributed by atoms with Crippen LogP contribution in [0, 0.1) is 6.92 Å². The lowest BCUT2D eigenvalue weighted by molar-refractivity contribution is 0.0947. The normalized spacial score (nSPS) is 15.5. The summed E-state index contributed by atoms with van der Waals surface area (Å²) in [5.41, 5.74) is 1.34. The summed E-state index contributed by atoms with van der Waals surface area (Å²) < 4.78 is 0. The number of amides is 1. The Morgan fingerprint density at radius 2 is 1.91 bits per heavy atom. The van der Waals surface area contributed by atoms with Crippen LogP contribution in [0.2, 0.25) is 0 Å². The molecule has 1 saturated heterocycles. The van der Waals surface area contributed by atoms with Crippen LogP contribution in [0.15, 0.2) is 6.07 Å². The maximum atomic E-state index is 12.2. The van der Waals surface area contributed by atoms with E-state index in [4.69, 9.17) is 0 Å². The van der Waals surface area contributed by atoms with Gasteiger partial charge in [0.15, 0.2) is 0 Å². The van der Waals surface area contributed by atoms with Crippen molar-refractivity contribution in [1.29, 1.82) is 0 Å². The fourth-order valence-corrected chi connectivity index (χ4v) is 2.75. The molecule has 0 atom stereocenters. The van der Waals surface area contributed by atoms with Crippen molar-refractivity contribution in [3.05, 3.63) is 17.5 Å². The van der Waals surface area contributed by atoms with Crippen molar-refractivity contribution in [2.45, 2.75) is 58.8 Å². The molecule has 0 spiro atoms. The van der Waals surface area contributed by atoms with Crippen LogP contribution in [0.3, 0.4) is 0 Å². The molecule has 1 fully saturated rings. The number of aromatic nitrogens is 2. The van der Waals surface area contributed by atoms with Crippen LogP contribution >= 0.6 is 0 Å². The Labute approximate surface area is 133 Å². The van der Waals surface area contributed by atoms with Gasteiger partial charge in [0, 0.05) is 25.3 Å². The molecule has 1 aromatic heterocycles. The van der Waals surface area contributed by atoms with Crippen LogP contribution in [0.25, 0.3) is 0 Å². The van der Waals surface area contributed by atoms with E-state index in [0.29, 0.717) is 11.6 Å². The van der Waals surface area contributed by atoms with Gasteiger partial charge < -0.3 is 10.2 Å². The zero-order chi connectivity index (χ0) is 15.8. The van der Waals surface area contributed by atoms with Gasteiger partial charge in [0.2, 0.25) is 5.95 Å². The van der Waals surface area contributed by atoms with Crippen LogP contribution in [-0.2, 0) is 0 Å². The predicted octanol–water partition coefficient (Wildman–Crippen LogP) is 3.09. The van der Waals surface area contributed by atoms with Gasteiger partial charge in [-0.05, 0) is 32.3 Å². The fourth-order valence-electron chi connectivity index (χ4n) is 2.75. The van der Waals surface area contributed by atoms with E-state index in [1.165, 1.54) is 25.7 Å². The third-order valence-corrected chi connectivity index (χ3v) is 4.03. The van der Waals surface area contributed by atoms with Crippen molar-refractivity contribution in [3.8, 4) is 0 Å². The molecule has 122 valence electrons. The highest BCUT2D eigenvalue weighted by Crippen LogP contribution is 2.16. The van der Waals surface area contributed by atoms with Gasteiger partial charge in [0.1, 0.15) is 5.69 Å². The maximum Gasteiger partial charge on any atom is 0.270 e. The Bertz CT molecular complexity index is 482. The summed E-state index contributed by atoms with van der Waals surface area (Å²) in [4.78, 5) is 23.5. The third kappa shape index (κ3) is 4.97. The van der Waals surface area contributed by atoms with Crippen molar-refractivity contribution >= 4 is 11.9 Å². The maximum absolute atomic E-state index is 12.2. The number of anilines is 1. The first kappa shape index (κ1) is 16.7. The topological polar surface area (TPSA) is 58.1 Å². The number of carbonyl (C=O) groups excluding carboxylic acids is 1. The smallest absolute Gasteiger partial charge is 0.270 e. The van der Waals surface area contributed by atoms with Crippen LogP contribution < -0.4 is 10.2 Å². The highest BCUT2D eigenvalue weighted by atomic mass is 16.1. The number of hydrogen-bond acceptors (Lipinski definition) is 4. The molecular formula is C17H28N4O. The van der Waals surface area contributed by atoms with E-state index in [-0.39, 0.29) is 5.91 Å². The molecule has 1 N–H and O–H groups in total. The predicted molar refractivity (Wildman–Crippen MR) is 89.3 cm³/mol. The molecule has 1 amide bonds. The number of nitrogens with one attached hydrogen (secondary N) is 1. The average molecular weight is 304 g/mol. The fraction of sp³-hybridized carbons (Fsp3) is 0.706. The summed E-state index contributed by atoms with van der Waals surface area (Å²) in [6, 6.07) is 1.77. The summed E-state index contributed by atoms with van der Waals surface area (Å²) in [7, 11) is 0. The Morgan fingerprint density at radius 1 is 1.18 bits per heavy atom. The van der Waals surface area contributed by atoms with Gasteiger partial charge in [-0.25, -0.2) is 9.97 Å². The van der Waals surface area contributed by atoms with Crippen LogP contribution in [0.5, 0.6) is 0 Å². The van der Waals surface area contributed by atoms with Crippen LogP contribution in [0.4, 0.5) is 5.95 Å². The zero-order valence-electron chi connectivity index (χ0n) is 13.9. The quantitative estimate of drug-likeness (QED) is 0.821. The largest absolute Gasteiger partial charge is 0.351 e. The van der Waals surface area contributed by atoms with Gasteiger partial charge in [0.05, 0.1) is 0 Å². The van der Waals surface area contributed by atoms with Crippen molar-refractivity contribution in [2.75, 3.05) is 24.5 Å². The van der Waals surface area contributed by atoms with Gasteiger partial charge in [-0.2, -0.15) is 0 Å². The molecule has 0 saturated carbocycles. The van der Waals surface area contributed by atoms with Crippen LogP contribution in [-0.4, -0.2) is 35.5 Å². The number of nitrogens with zero attached hydrogens (tertiary/aromatic N) is 3. The lowest BCUT2D eigenvalue weighted by atomic mass is 10.2. The second-order valence-electron chi connectivity index (χ2n) is 6.06. The molecule has 5 nitrogen and oxygen atoms in total. The van der Waals surface area contributed by atoms with Crippen molar-refractivity contribution in [2.24, 2.45) is 0 Å². The van der Waals surface area contributed by atoms with Crippen molar-refractivity contribution in [3.63, 3.8) is 0 Å². The van der Waals surface area contributed by atoms with E-state index >= 15 is 0 Å². The molecular weight excluding hydrogens is 276 g/mol. The first-order valence-corrected chi connectivity index (χ1v) is 8.59. The number of unbranched alkanes of at least 4 members (excludes halogenated alkanes) is 2. The average Bonchev–Trinajstić information content (AvgIpc) is 2.80. The number of hydrogen-bond donors (Lipinski definition) is 1. The number of rotatable bonds is 6. The van der Waals surface area contributed by atoms with E-state index in [1.807, 2.05) is 6.92 Å². The molecule has 5 heteroatoms. The molecule has 0 unspecified atom stereocenters. The number of carbonyl (C=O) groups is 1. The molecule has 22 heavy (non-hydrogen) atoms. The molecule has 0 aromatic carbocycles. The van der Waals surface area contributed by atoms with Crippen molar-refractivity contribution < 1.29 is 4.79 Å². The Kier molecular flexibility index (Phi) is 6.62. The molecule has 2 rings (SSSR count). The molecule has 1 aliphatic rings. The molecule has 0 aliphatic carbocycles. The van der Waals surface area contributed by atoms with E-state index in [2.05, 4.69) is 27.1 Å². The summed E-state index contributed by atoms with van der Waals surface area (Å²) >= 11 is 0. The summed E-state index contributed by atoms with van der Waals surface area (Å²) in [5.74, 6) is 0.623.